The van der Waals surface area contributed by atoms with Crippen LogP contribution >= 0.6 is 0 Å². The number of anilines is 1. The minimum atomic E-state index is 0.317. The highest BCUT2D eigenvalue weighted by Gasteiger charge is 2.23. The quantitative estimate of drug-likeness (QED) is 0.913. The number of nitrogens with one attached hydrogen (secondary N) is 1. The summed E-state index contributed by atoms with van der Waals surface area (Å²) < 4.78 is 0. The van der Waals surface area contributed by atoms with Crippen molar-refractivity contribution in [1.29, 1.82) is 0 Å². The highest BCUT2D eigenvalue weighted by atomic mass is 16.1. The predicted octanol–water partition coefficient (Wildman–Crippen LogP) is 3.71. The van der Waals surface area contributed by atoms with Crippen molar-refractivity contribution in [3.63, 3.8) is 0 Å². The molecule has 0 saturated heterocycles. The van der Waals surface area contributed by atoms with Crippen LogP contribution in [0.1, 0.15) is 29.0 Å². The van der Waals surface area contributed by atoms with Gasteiger partial charge in [-0.3, -0.25) is 4.79 Å². The van der Waals surface area contributed by atoms with Crippen LogP contribution in [0.4, 0.5) is 5.69 Å². The highest BCUT2D eigenvalue weighted by Crippen LogP contribution is 2.33. The van der Waals surface area contributed by atoms with E-state index in [1.807, 2.05) is 24.3 Å². The normalized spacial score (nSPS) is 16.6. The summed E-state index contributed by atoms with van der Waals surface area (Å²) in [7, 11) is 0. The monoisotopic (exact) mass is 265 g/mol. The van der Waals surface area contributed by atoms with Crippen molar-refractivity contribution in [2.75, 3.05) is 11.9 Å². The van der Waals surface area contributed by atoms with E-state index in [2.05, 4.69) is 36.5 Å². The Morgan fingerprint density at radius 1 is 1.15 bits per heavy atom. The second-order valence-electron chi connectivity index (χ2n) is 5.57. The Morgan fingerprint density at radius 3 is 2.70 bits per heavy atom. The highest BCUT2D eigenvalue weighted by molar-refractivity contribution is 5.82. The van der Waals surface area contributed by atoms with E-state index in [4.69, 9.17) is 0 Å². The molecule has 3 rings (SSSR count). The molecular weight excluding hydrogens is 246 g/mol. The molecule has 0 spiro atoms. The molecule has 2 heteroatoms. The first-order valence-corrected chi connectivity index (χ1v) is 7.12. The number of rotatable bonds is 4. The van der Waals surface area contributed by atoms with E-state index in [9.17, 15) is 4.79 Å². The van der Waals surface area contributed by atoms with Crippen LogP contribution < -0.4 is 5.32 Å². The van der Waals surface area contributed by atoms with Gasteiger partial charge in [-0.2, -0.15) is 0 Å². The summed E-state index contributed by atoms with van der Waals surface area (Å²) in [5.74, 6) is 0.640. The smallest absolute Gasteiger partial charge is 0.137 e. The molecule has 1 heterocycles. The molecule has 1 N–H and O–H groups in total. The number of benzene rings is 2. The van der Waals surface area contributed by atoms with E-state index in [1.165, 1.54) is 16.8 Å². The van der Waals surface area contributed by atoms with Crippen molar-refractivity contribution in [2.24, 2.45) is 0 Å². The number of Topliss-reactive ketones (excluding diaryl/α,β-unsaturated/α-hetero) is 1. The van der Waals surface area contributed by atoms with Crippen LogP contribution in [0.3, 0.4) is 0 Å². The molecule has 0 amide bonds. The van der Waals surface area contributed by atoms with Gasteiger partial charge in [0.05, 0.1) is 0 Å². The Labute approximate surface area is 119 Å². The Balaban J connectivity index is 1.64. The fourth-order valence-corrected chi connectivity index (χ4v) is 2.82. The fourth-order valence-electron chi connectivity index (χ4n) is 2.82. The van der Waals surface area contributed by atoms with Gasteiger partial charge in [0.1, 0.15) is 5.78 Å². The molecule has 0 aromatic heterocycles. The van der Waals surface area contributed by atoms with Crippen LogP contribution in [0.2, 0.25) is 0 Å². The van der Waals surface area contributed by atoms with Gasteiger partial charge >= 0.3 is 0 Å². The molecule has 0 radical (unpaired) electrons. The molecule has 0 aliphatic carbocycles. The van der Waals surface area contributed by atoms with Crippen molar-refractivity contribution < 1.29 is 4.79 Å². The van der Waals surface area contributed by atoms with Crippen LogP contribution in [0.15, 0.2) is 48.5 Å². The zero-order chi connectivity index (χ0) is 13.9. The van der Waals surface area contributed by atoms with Crippen molar-refractivity contribution >= 4 is 11.5 Å². The van der Waals surface area contributed by atoms with Crippen molar-refractivity contribution in [3.05, 3.63) is 65.2 Å². The standard InChI is InChI=1S/C18H19NO/c1-13-6-8-14(9-7-13)10-16(20)11-15-12-19-18-5-3-2-4-17(15)18/h2-9,15,19H,10-12H2,1H3. The van der Waals surface area contributed by atoms with Crippen LogP contribution in [0.25, 0.3) is 0 Å². The fraction of sp³-hybridized carbons (Fsp3) is 0.278. The molecule has 0 fully saturated rings. The summed E-state index contributed by atoms with van der Waals surface area (Å²) in [5, 5.41) is 3.37. The number of hydrogen-bond acceptors (Lipinski definition) is 2. The molecule has 1 aliphatic rings. The number of aryl methyl sites for hydroxylation is 1. The Morgan fingerprint density at radius 2 is 1.90 bits per heavy atom. The summed E-state index contributed by atoms with van der Waals surface area (Å²) in [6, 6.07) is 16.5. The van der Waals surface area contributed by atoms with Gasteiger partial charge in [-0.05, 0) is 24.1 Å². The van der Waals surface area contributed by atoms with E-state index < -0.39 is 0 Å². The van der Waals surface area contributed by atoms with E-state index in [1.54, 1.807) is 0 Å². The van der Waals surface area contributed by atoms with Gasteiger partial charge in [0.15, 0.2) is 0 Å². The van der Waals surface area contributed by atoms with Gasteiger partial charge in [-0.25, -0.2) is 0 Å². The van der Waals surface area contributed by atoms with Crippen LogP contribution in [-0.4, -0.2) is 12.3 Å². The van der Waals surface area contributed by atoms with Crippen molar-refractivity contribution in [1.82, 2.24) is 0 Å². The largest absolute Gasteiger partial charge is 0.384 e. The molecule has 1 atom stereocenters. The van der Waals surface area contributed by atoms with E-state index in [0.717, 1.165) is 12.1 Å². The molecule has 2 aromatic carbocycles. The lowest BCUT2D eigenvalue weighted by molar-refractivity contribution is -0.118. The topological polar surface area (TPSA) is 29.1 Å². The third kappa shape index (κ3) is 2.74. The maximum Gasteiger partial charge on any atom is 0.137 e. The third-order valence-corrected chi connectivity index (χ3v) is 3.94. The molecule has 2 aromatic rings. The second-order valence-corrected chi connectivity index (χ2v) is 5.57. The van der Waals surface area contributed by atoms with Gasteiger partial charge in [-0.1, -0.05) is 48.0 Å². The molecule has 0 saturated carbocycles. The number of ketones is 1. The van der Waals surface area contributed by atoms with Crippen molar-refractivity contribution in [3.8, 4) is 0 Å². The Hall–Kier alpha value is -2.09. The summed E-state index contributed by atoms with van der Waals surface area (Å²) >= 11 is 0. The second kappa shape index (κ2) is 5.49. The van der Waals surface area contributed by atoms with Gasteiger partial charge in [0.25, 0.3) is 0 Å². The molecule has 1 aliphatic heterocycles. The predicted molar refractivity (Wildman–Crippen MR) is 82.2 cm³/mol. The first kappa shape index (κ1) is 12.9. The molecule has 0 bridgehead atoms. The third-order valence-electron chi connectivity index (χ3n) is 3.94. The minimum absolute atomic E-state index is 0.317. The van der Waals surface area contributed by atoms with Gasteiger partial charge < -0.3 is 5.32 Å². The van der Waals surface area contributed by atoms with Crippen LogP contribution in [0.5, 0.6) is 0 Å². The maximum absolute atomic E-state index is 12.2. The first-order valence-electron chi connectivity index (χ1n) is 7.12. The number of carbonyl (C=O) groups is 1. The van der Waals surface area contributed by atoms with E-state index in [-0.39, 0.29) is 0 Å². The SMILES string of the molecule is Cc1ccc(CC(=O)CC2CNc3ccccc32)cc1. The lowest BCUT2D eigenvalue weighted by Crippen LogP contribution is -2.11. The molecular formula is C18H19NO. The number of para-hydroxylation sites is 1. The van der Waals surface area contributed by atoms with Gasteiger partial charge in [0, 0.05) is 31.0 Å². The summed E-state index contributed by atoms with van der Waals surface area (Å²) in [6.07, 6.45) is 1.16. The molecule has 20 heavy (non-hydrogen) atoms. The van der Waals surface area contributed by atoms with Gasteiger partial charge in [0.2, 0.25) is 0 Å². The van der Waals surface area contributed by atoms with Crippen LogP contribution in [-0.2, 0) is 11.2 Å². The summed E-state index contributed by atoms with van der Waals surface area (Å²) in [5.41, 5.74) is 4.81. The van der Waals surface area contributed by atoms with E-state index >= 15 is 0 Å². The van der Waals surface area contributed by atoms with Gasteiger partial charge in [-0.15, -0.1) is 0 Å². The van der Waals surface area contributed by atoms with Crippen LogP contribution in [0, 0.1) is 6.92 Å². The average molecular weight is 265 g/mol. The minimum Gasteiger partial charge on any atom is -0.384 e. The lowest BCUT2D eigenvalue weighted by Gasteiger charge is -2.09. The number of fused-ring (bicyclic) bond motifs is 1. The zero-order valence-electron chi connectivity index (χ0n) is 11.7. The molecule has 1 unspecified atom stereocenters. The summed E-state index contributed by atoms with van der Waals surface area (Å²) in [4.78, 5) is 12.2. The Kier molecular flexibility index (Phi) is 3.55. The van der Waals surface area contributed by atoms with E-state index in [0.29, 0.717) is 24.5 Å². The number of carbonyl (C=O) groups excluding carboxylic acids is 1. The first-order chi connectivity index (χ1) is 9.72. The average Bonchev–Trinajstić information content (AvgIpc) is 2.85. The summed E-state index contributed by atoms with van der Waals surface area (Å²) in [6.45, 7) is 2.94. The number of hydrogen-bond donors (Lipinski definition) is 1. The zero-order valence-corrected chi connectivity index (χ0v) is 11.7. The molecule has 2 nitrogen and oxygen atoms in total. The van der Waals surface area contributed by atoms with Crippen molar-refractivity contribution in [2.45, 2.75) is 25.7 Å². The molecule has 102 valence electrons. The Bertz CT molecular complexity index is 616. The lowest BCUT2D eigenvalue weighted by atomic mass is 9.93. The maximum atomic E-state index is 12.2.